The zero-order chi connectivity index (χ0) is 25.1. The van der Waals surface area contributed by atoms with Crippen molar-refractivity contribution in [2.45, 2.75) is 77.8 Å². The Morgan fingerprint density at radius 2 is 1.78 bits per heavy atom. The molecule has 1 aliphatic rings. The summed E-state index contributed by atoms with van der Waals surface area (Å²) < 4.78 is 4.35. The monoisotopic (exact) mass is 492 g/mol. The molecule has 0 saturated carbocycles. The number of thiol groups is 1. The number of carbonyl (C=O) groups is 3. The third-order valence-corrected chi connectivity index (χ3v) is 6.38. The van der Waals surface area contributed by atoms with Gasteiger partial charge in [0.05, 0.1) is 19.5 Å². The third-order valence-electron chi connectivity index (χ3n) is 4.54. The summed E-state index contributed by atoms with van der Waals surface area (Å²) in [5, 5.41) is 5.81. The number of hydrogen-bond donors (Lipinski definition) is 4. The van der Waals surface area contributed by atoms with Gasteiger partial charge < -0.3 is 26.0 Å². The van der Waals surface area contributed by atoms with Gasteiger partial charge in [0.2, 0.25) is 11.8 Å². The van der Waals surface area contributed by atoms with Gasteiger partial charge in [-0.05, 0) is 32.1 Å². The fourth-order valence-electron chi connectivity index (χ4n) is 3.05. The first-order valence-corrected chi connectivity index (χ1v) is 12.8. The molecule has 1 fully saturated rings. The van der Waals surface area contributed by atoms with Crippen LogP contribution in [-0.2, 0) is 19.1 Å². The van der Waals surface area contributed by atoms with Gasteiger partial charge in [-0.1, -0.05) is 34.6 Å². The van der Waals surface area contributed by atoms with Crippen LogP contribution in [0.4, 0.5) is 0 Å². The molecule has 1 rings (SSSR count). The first kappa shape index (κ1) is 31.0. The average Bonchev–Trinajstić information content (AvgIpc) is 3.00. The molecule has 1 aliphatic heterocycles. The molecular weight excluding hydrogens is 448 g/mol. The Labute approximate surface area is 203 Å². The lowest BCUT2D eigenvalue weighted by atomic mass is 9.98. The van der Waals surface area contributed by atoms with Crippen LogP contribution < -0.4 is 16.4 Å². The molecule has 1 saturated heterocycles. The van der Waals surface area contributed by atoms with Crippen LogP contribution >= 0.6 is 24.4 Å². The van der Waals surface area contributed by atoms with Gasteiger partial charge in [0, 0.05) is 23.1 Å². The second kappa shape index (κ2) is 15.0. The summed E-state index contributed by atoms with van der Waals surface area (Å²) in [7, 11) is 1.30. The minimum atomic E-state index is -0.734. The van der Waals surface area contributed by atoms with Gasteiger partial charge in [-0.15, -0.1) is 11.8 Å². The molecule has 0 unspecified atom stereocenters. The first-order chi connectivity index (χ1) is 14.8. The molecule has 0 aromatic carbocycles. The number of methoxy groups -OCH3 is 1. The maximum absolute atomic E-state index is 13.0. The van der Waals surface area contributed by atoms with E-state index in [1.807, 2.05) is 27.7 Å². The topological polar surface area (TPSA) is 114 Å². The number of carbonyl (C=O) groups excluding carboxylic acids is 3. The third kappa shape index (κ3) is 11.2. The minimum absolute atomic E-state index is 0.0916. The van der Waals surface area contributed by atoms with Crippen LogP contribution in [0.3, 0.4) is 0 Å². The number of amides is 2. The number of rotatable bonds is 10. The van der Waals surface area contributed by atoms with Crippen molar-refractivity contribution in [3.05, 3.63) is 0 Å². The molecule has 10 heteroatoms. The van der Waals surface area contributed by atoms with E-state index >= 15 is 0 Å². The SMILES string of the molecule is CC(C)C.COC(=O)[C@H](CC(C)C)NC(=O)[C@H]1N(C(=O)CNC[C@@H](N)CS)CSC1(C)C. The summed E-state index contributed by atoms with van der Waals surface area (Å²) in [4.78, 5) is 39.3. The van der Waals surface area contributed by atoms with Crippen molar-refractivity contribution in [2.24, 2.45) is 17.6 Å². The van der Waals surface area contributed by atoms with Crippen LogP contribution in [0.1, 0.15) is 54.9 Å². The van der Waals surface area contributed by atoms with Crippen molar-refractivity contribution in [1.82, 2.24) is 15.5 Å². The van der Waals surface area contributed by atoms with E-state index in [-0.39, 0.29) is 30.3 Å². The second-order valence-corrected chi connectivity index (χ2v) is 11.6. The van der Waals surface area contributed by atoms with Gasteiger partial charge in [-0.3, -0.25) is 9.59 Å². The lowest BCUT2D eigenvalue weighted by Gasteiger charge is -2.32. The molecule has 0 bridgehead atoms. The van der Waals surface area contributed by atoms with E-state index in [1.165, 1.54) is 18.9 Å². The Kier molecular flexibility index (Phi) is 14.6. The van der Waals surface area contributed by atoms with E-state index in [9.17, 15) is 14.4 Å². The second-order valence-electron chi connectivity index (χ2n) is 9.66. The number of hydrogen-bond acceptors (Lipinski definition) is 8. The van der Waals surface area contributed by atoms with Crippen LogP contribution in [0, 0.1) is 11.8 Å². The van der Waals surface area contributed by atoms with Crippen LogP contribution in [0.25, 0.3) is 0 Å². The first-order valence-electron chi connectivity index (χ1n) is 11.2. The van der Waals surface area contributed by atoms with Crippen LogP contribution in [0.15, 0.2) is 0 Å². The molecule has 0 aromatic heterocycles. The minimum Gasteiger partial charge on any atom is -0.467 e. The van der Waals surface area contributed by atoms with E-state index in [0.717, 1.165) is 5.92 Å². The number of esters is 1. The molecular formula is C22H44N4O4S2. The Morgan fingerprint density at radius 1 is 1.22 bits per heavy atom. The maximum Gasteiger partial charge on any atom is 0.328 e. The number of ether oxygens (including phenoxy) is 1. The average molecular weight is 493 g/mol. The summed E-state index contributed by atoms with van der Waals surface area (Å²) in [6.45, 7) is 14.8. The molecule has 3 atom stereocenters. The quantitative estimate of drug-likeness (QED) is 0.272. The van der Waals surface area contributed by atoms with Crippen molar-refractivity contribution in [1.29, 1.82) is 0 Å². The Bertz CT molecular complexity index is 600. The van der Waals surface area contributed by atoms with Crippen LogP contribution in [-0.4, -0.2) is 77.4 Å². The van der Waals surface area contributed by atoms with E-state index in [0.29, 0.717) is 24.6 Å². The summed E-state index contributed by atoms with van der Waals surface area (Å²) in [6, 6.07) is -1.55. The van der Waals surface area contributed by atoms with Crippen molar-refractivity contribution in [2.75, 3.05) is 31.8 Å². The van der Waals surface area contributed by atoms with E-state index in [1.54, 1.807) is 4.90 Å². The predicted octanol–water partition coefficient (Wildman–Crippen LogP) is 1.88. The number of nitrogens with zero attached hydrogens (tertiary/aromatic N) is 1. The zero-order valence-electron chi connectivity index (χ0n) is 20.9. The predicted molar refractivity (Wildman–Crippen MR) is 136 cm³/mol. The molecule has 8 nitrogen and oxygen atoms in total. The normalized spacial score (nSPS) is 19.2. The van der Waals surface area contributed by atoms with E-state index in [2.05, 4.69) is 44.0 Å². The van der Waals surface area contributed by atoms with Gasteiger partial charge in [0.15, 0.2) is 0 Å². The Hall–Kier alpha value is -0.970. The lowest BCUT2D eigenvalue weighted by Crippen LogP contribution is -2.57. The summed E-state index contributed by atoms with van der Waals surface area (Å²) in [6.07, 6.45) is 0.468. The highest BCUT2D eigenvalue weighted by Gasteiger charge is 2.48. The molecule has 1 heterocycles. The van der Waals surface area contributed by atoms with Gasteiger partial charge in [0.1, 0.15) is 12.1 Å². The number of thioether (sulfide) groups is 1. The zero-order valence-corrected chi connectivity index (χ0v) is 22.6. The number of nitrogens with one attached hydrogen (secondary N) is 2. The van der Waals surface area contributed by atoms with Crippen molar-refractivity contribution >= 4 is 42.2 Å². The van der Waals surface area contributed by atoms with Gasteiger partial charge in [-0.2, -0.15) is 12.6 Å². The van der Waals surface area contributed by atoms with Crippen LogP contribution in [0.5, 0.6) is 0 Å². The maximum atomic E-state index is 13.0. The lowest BCUT2D eigenvalue weighted by molar-refractivity contribution is -0.147. The molecule has 0 aliphatic carbocycles. The van der Waals surface area contributed by atoms with Gasteiger partial charge in [0.25, 0.3) is 0 Å². The highest BCUT2D eigenvalue weighted by Crippen LogP contribution is 2.39. The molecule has 188 valence electrons. The molecule has 0 aromatic rings. The fourth-order valence-corrected chi connectivity index (χ4v) is 4.33. The molecule has 0 spiro atoms. The Balaban J connectivity index is 0.00000220. The van der Waals surface area contributed by atoms with Gasteiger partial charge in [-0.25, -0.2) is 4.79 Å². The summed E-state index contributed by atoms with van der Waals surface area (Å²) in [5.41, 5.74) is 5.79. The highest BCUT2D eigenvalue weighted by atomic mass is 32.2. The fraction of sp³-hybridized carbons (Fsp3) is 0.864. The van der Waals surface area contributed by atoms with E-state index in [4.69, 9.17) is 10.5 Å². The van der Waals surface area contributed by atoms with Gasteiger partial charge >= 0.3 is 5.97 Å². The molecule has 2 amide bonds. The smallest absolute Gasteiger partial charge is 0.328 e. The largest absolute Gasteiger partial charge is 0.467 e. The molecule has 0 radical (unpaired) electrons. The summed E-state index contributed by atoms with van der Waals surface area (Å²) >= 11 is 5.65. The van der Waals surface area contributed by atoms with Crippen LogP contribution in [0.2, 0.25) is 0 Å². The molecule has 4 N–H and O–H groups in total. The van der Waals surface area contributed by atoms with Crippen molar-refractivity contribution in [3.63, 3.8) is 0 Å². The number of nitrogens with two attached hydrogens (primary N) is 1. The van der Waals surface area contributed by atoms with Crippen molar-refractivity contribution in [3.8, 4) is 0 Å². The summed E-state index contributed by atoms with van der Waals surface area (Å²) in [5.74, 6) is 0.967. The van der Waals surface area contributed by atoms with Crippen molar-refractivity contribution < 1.29 is 19.1 Å². The highest BCUT2D eigenvalue weighted by molar-refractivity contribution is 8.00. The van der Waals surface area contributed by atoms with E-state index < -0.39 is 22.8 Å². The standard InChI is InChI=1S/C18H34N4O4S2.C4H10/c1-11(2)6-13(17(25)26-5)21-16(24)15-18(3,4)28-10-22(15)14(23)8-20-7-12(19)9-27;1-4(2)3/h11-13,15,20,27H,6-10,19H2,1-5H3,(H,21,24);4H,1-3H3/t12-,13+,15-;/m1./s1. The molecule has 32 heavy (non-hydrogen) atoms. The Morgan fingerprint density at radius 3 is 2.25 bits per heavy atom.